The number of rotatable bonds is 6. The van der Waals surface area contributed by atoms with Crippen molar-refractivity contribution in [3.63, 3.8) is 0 Å². The number of halogens is 1. The van der Waals surface area contributed by atoms with Crippen molar-refractivity contribution in [3.8, 4) is 28.4 Å². The summed E-state index contributed by atoms with van der Waals surface area (Å²) in [6, 6.07) is 18.9. The maximum Gasteiger partial charge on any atom is 0.318 e. The third kappa shape index (κ3) is 4.31. The Morgan fingerprint density at radius 3 is 2.04 bits per heavy atom. The lowest BCUT2D eigenvalue weighted by atomic mass is 9.97. The van der Waals surface area contributed by atoms with Gasteiger partial charge in [-0.05, 0) is 24.1 Å². The second-order valence-corrected chi connectivity index (χ2v) is 6.30. The van der Waals surface area contributed by atoms with E-state index in [4.69, 9.17) is 14.2 Å². The van der Waals surface area contributed by atoms with E-state index in [-0.39, 0.29) is 5.82 Å². The number of carbonyl (C=O) groups excluding carboxylic acids is 1. The first-order valence-electron chi connectivity index (χ1n) is 8.81. The highest BCUT2D eigenvalue weighted by Crippen LogP contribution is 2.30. The van der Waals surface area contributed by atoms with Crippen LogP contribution in [0.4, 0.5) is 4.39 Å². The number of benzene rings is 3. The van der Waals surface area contributed by atoms with Crippen molar-refractivity contribution >= 4 is 5.97 Å². The molecule has 0 amide bonds. The van der Waals surface area contributed by atoms with Gasteiger partial charge < -0.3 is 14.2 Å². The van der Waals surface area contributed by atoms with Gasteiger partial charge in [-0.2, -0.15) is 0 Å². The summed E-state index contributed by atoms with van der Waals surface area (Å²) in [4.78, 5) is 12.6. The van der Waals surface area contributed by atoms with E-state index in [1.165, 1.54) is 20.3 Å². The Hall–Kier alpha value is -3.34. The van der Waals surface area contributed by atoms with E-state index in [2.05, 4.69) is 0 Å². The monoisotopic (exact) mass is 380 g/mol. The minimum Gasteiger partial charge on any atom is -0.496 e. The van der Waals surface area contributed by atoms with Crippen LogP contribution in [0.3, 0.4) is 0 Å². The molecule has 0 radical (unpaired) electrons. The fourth-order valence-corrected chi connectivity index (χ4v) is 2.83. The Labute approximate surface area is 163 Å². The molecule has 0 bridgehead atoms. The minimum absolute atomic E-state index is 0.300. The summed E-state index contributed by atoms with van der Waals surface area (Å²) >= 11 is 0. The highest BCUT2D eigenvalue weighted by molar-refractivity contribution is 5.80. The molecule has 4 nitrogen and oxygen atoms in total. The highest BCUT2D eigenvalue weighted by atomic mass is 19.1. The van der Waals surface area contributed by atoms with Crippen LogP contribution in [0.2, 0.25) is 0 Å². The van der Waals surface area contributed by atoms with Crippen molar-refractivity contribution in [2.24, 2.45) is 0 Å². The minimum atomic E-state index is -0.642. The van der Waals surface area contributed by atoms with Gasteiger partial charge in [-0.1, -0.05) is 42.5 Å². The lowest BCUT2D eigenvalue weighted by Gasteiger charge is -2.14. The second kappa shape index (κ2) is 8.57. The summed E-state index contributed by atoms with van der Waals surface area (Å²) in [5.74, 6) is -0.208. The van der Waals surface area contributed by atoms with Gasteiger partial charge in [0.2, 0.25) is 0 Å². The molecule has 0 aliphatic carbocycles. The standard InChI is InChI=1S/C23H21FO4/c1-15(23(25)28-20-13-18(26-2)12-19(14-20)27-3)17-9-10-21(22(24)11-17)16-7-5-4-6-8-16/h4-15H,1-3H3. The molecule has 0 aliphatic heterocycles. The third-order valence-corrected chi connectivity index (χ3v) is 4.47. The van der Waals surface area contributed by atoms with Gasteiger partial charge >= 0.3 is 5.97 Å². The first-order chi connectivity index (χ1) is 13.5. The van der Waals surface area contributed by atoms with Gasteiger partial charge in [0.25, 0.3) is 0 Å². The molecule has 3 aromatic rings. The van der Waals surface area contributed by atoms with Crippen molar-refractivity contribution < 1.29 is 23.4 Å². The van der Waals surface area contributed by atoms with E-state index in [9.17, 15) is 9.18 Å². The molecule has 0 fully saturated rings. The first kappa shape index (κ1) is 19.4. The van der Waals surface area contributed by atoms with E-state index in [1.807, 2.05) is 30.3 Å². The average molecular weight is 380 g/mol. The summed E-state index contributed by atoms with van der Waals surface area (Å²) < 4.78 is 30.4. The molecule has 0 aliphatic rings. The second-order valence-electron chi connectivity index (χ2n) is 6.30. The molecule has 3 aromatic carbocycles. The quantitative estimate of drug-likeness (QED) is 0.434. The van der Waals surface area contributed by atoms with Crippen LogP contribution in [0, 0.1) is 5.82 Å². The zero-order chi connectivity index (χ0) is 20.1. The number of hydrogen-bond acceptors (Lipinski definition) is 4. The Balaban J connectivity index is 1.79. The Kier molecular flexibility index (Phi) is 5.94. The van der Waals surface area contributed by atoms with E-state index in [1.54, 1.807) is 37.3 Å². The van der Waals surface area contributed by atoms with Crippen molar-refractivity contribution in [2.75, 3.05) is 14.2 Å². The normalized spacial score (nSPS) is 11.6. The number of carbonyl (C=O) groups is 1. The lowest BCUT2D eigenvalue weighted by Crippen LogP contribution is -2.16. The van der Waals surface area contributed by atoms with E-state index in [0.29, 0.717) is 28.4 Å². The van der Waals surface area contributed by atoms with E-state index < -0.39 is 11.9 Å². The van der Waals surface area contributed by atoms with Crippen molar-refractivity contribution in [2.45, 2.75) is 12.8 Å². The van der Waals surface area contributed by atoms with Crippen LogP contribution in [0.15, 0.2) is 66.7 Å². The molecule has 0 saturated heterocycles. The van der Waals surface area contributed by atoms with Crippen LogP contribution in [0.5, 0.6) is 17.2 Å². The molecule has 1 atom stereocenters. The summed E-state index contributed by atoms with van der Waals surface area (Å²) in [5, 5.41) is 0. The van der Waals surface area contributed by atoms with Crippen LogP contribution >= 0.6 is 0 Å². The number of ether oxygens (including phenoxy) is 3. The molecule has 5 heteroatoms. The Bertz CT molecular complexity index is 947. The van der Waals surface area contributed by atoms with Crippen molar-refractivity contribution in [1.82, 2.24) is 0 Å². The molecule has 0 saturated carbocycles. The van der Waals surface area contributed by atoms with Crippen LogP contribution in [0.25, 0.3) is 11.1 Å². The van der Waals surface area contributed by atoms with Crippen molar-refractivity contribution in [1.29, 1.82) is 0 Å². The maximum atomic E-state index is 14.6. The zero-order valence-electron chi connectivity index (χ0n) is 15.9. The van der Waals surface area contributed by atoms with Gasteiger partial charge in [-0.15, -0.1) is 0 Å². The molecule has 0 spiro atoms. The summed E-state index contributed by atoms with van der Waals surface area (Å²) in [6.07, 6.45) is 0. The van der Waals surface area contributed by atoms with Crippen LogP contribution in [-0.2, 0) is 4.79 Å². The van der Waals surface area contributed by atoms with Gasteiger partial charge in [0.1, 0.15) is 23.1 Å². The lowest BCUT2D eigenvalue weighted by molar-refractivity contribution is -0.135. The first-order valence-corrected chi connectivity index (χ1v) is 8.81. The summed E-state index contributed by atoms with van der Waals surface area (Å²) in [7, 11) is 3.03. The zero-order valence-corrected chi connectivity index (χ0v) is 15.9. The van der Waals surface area contributed by atoms with Gasteiger partial charge in [-0.25, -0.2) is 4.39 Å². The maximum absolute atomic E-state index is 14.6. The predicted molar refractivity (Wildman–Crippen MR) is 105 cm³/mol. The molecular formula is C23H21FO4. The number of methoxy groups -OCH3 is 2. The number of hydrogen-bond donors (Lipinski definition) is 0. The summed E-state index contributed by atoms with van der Waals surface area (Å²) in [6.45, 7) is 1.68. The SMILES string of the molecule is COc1cc(OC)cc(OC(=O)C(C)c2ccc(-c3ccccc3)c(F)c2)c1. The van der Waals surface area contributed by atoms with Crippen LogP contribution in [-0.4, -0.2) is 20.2 Å². The molecular weight excluding hydrogens is 359 g/mol. The molecule has 28 heavy (non-hydrogen) atoms. The largest absolute Gasteiger partial charge is 0.496 e. The van der Waals surface area contributed by atoms with Crippen molar-refractivity contribution in [3.05, 3.63) is 78.1 Å². The molecule has 1 unspecified atom stereocenters. The van der Waals surface area contributed by atoms with Crippen LogP contribution in [0.1, 0.15) is 18.4 Å². The van der Waals surface area contributed by atoms with Crippen LogP contribution < -0.4 is 14.2 Å². The Morgan fingerprint density at radius 1 is 0.857 bits per heavy atom. The third-order valence-electron chi connectivity index (χ3n) is 4.47. The van der Waals surface area contributed by atoms with Gasteiger partial charge in [0, 0.05) is 23.8 Å². The molecule has 0 heterocycles. The van der Waals surface area contributed by atoms with Gasteiger partial charge in [-0.3, -0.25) is 4.79 Å². The molecule has 3 rings (SSSR count). The number of esters is 1. The molecule has 0 aromatic heterocycles. The van der Waals surface area contributed by atoms with Gasteiger partial charge in [0.05, 0.1) is 20.1 Å². The smallest absolute Gasteiger partial charge is 0.318 e. The Morgan fingerprint density at radius 2 is 1.46 bits per heavy atom. The van der Waals surface area contributed by atoms with Gasteiger partial charge in [0.15, 0.2) is 0 Å². The summed E-state index contributed by atoms with van der Waals surface area (Å²) in [5.41, 5.74) is 1.81. The highest BCUT2D eigenvalue weighted by Gasteiger charge is 2.20. The predicted octanol–water partition coefficient (Wildman–Crippen LogP) is 5.22. The molecule has 0 N–H and O–H groups in total. The average Bonchev–Trinajstić information content (AvgIpc) is 2.73. The topological polar surface area (TPSA) is 44.8 Å². The van der Waals surface area contributed by atoms with E-state index in [0.717, 1.165) is 5.56 Å². The fourth-order valence-electron chi connectivity index (χ4n) is 2.83. The van der Waals surface area contributed by atoms with E-state index >= 15 is 0 Å². The fraction of sp³-hybridized carbons (Fsp3) is 0.174. The molecule has 144 valence electrons.